The number of halogens is 1. The van der Waals surface area contributed by atoms with Crippen LogP contribution in [-0.4, -0.2) is 18.5 Å². The van der Waals surface area contributed by atoms with Gasteiger partial charge in [0.2, 0.25) is 0 Å². The van der Waals surface area contributed by atoms with E-state index < -0.39 is 5.97 Å². The molecule has 0 bridgehead atoms. The van der Waals surface area contributed by atoms with Gasteiger partial charge in [0, 0.05) is 4.47 Å². The molecule has 0 aliphatic carbocycles. The molecule has 2 aromatic rings. The van der Waals surface area contributed by atoms with Crippen LogP contribution in [-0.2, 0) is 16.0 Å². The number of carbonyl (C=O) groups excluding carboxylic acids is 2. The number of esters is 1. The number of hydrogen-bond donors (Lipinski definition) is 1. The maximum Gasteiger partial charge on any atom is 0.339 e. The summed E-state index contributed by atoms with van der Waals surface area (Å²) in [4.78, 5) is 23.9. The highest BCUT2D eigenvalue weighted by Crippen LogP contribution is 2.17. The van der Waals surface area contributed by atoms with Gasteiger partial charge in [-0.15, -0.1) is 0 Å². The standard InChI is InChI=1S/C19H20BrNO3/c1-3-14-8-10-15(11-9-14)13(2)21-18(22)12-24-19(23)16-6-4-5-7-17(16)20/h4-11,13H,3,12H2,1-2H3,(H,21,22)/t13-/m0/s1. The second-order valence-corrected chi connectivity index (χ2v) is 6.29. The van der Waals surface area contributed by atoms with Crippen molar-refractivity contribution < 1.29 is 14.3 Å². The third-order valence-corrected chi connectivity index (χ3v) is 4.39. The molecule has 1 atom stereocenters. The molecule has 24 heavy (non-hydrogen) atoms. The molecular weight excluding hydrogens is 370 g/mol. The molecule has 0 heterocycles. The van der Waals surface area contributed by atoms with E-state index in [1.54, 1.807) is 24.3 Å². The van der Waals surface area contributed by atoms with Gasteiger partial charge in [-0.05, 0) is 52.5 Å². The maximum atomic E-state index is 12.0. The maximum absolute atomic E-state index is 12.0. The SMILES string of the molecule is CCc1ccc([C@H](C)NC(=O)COC(=O)c2ccccc2Br)cc1. The first kappa shape index (κ1) is 18.2. The van der Waals surface area contributed by atoms with Crippen LogP contribution >= 0.6 is 15.9 Å². The molecule has 2 aromatic carbocycles. The molecule has 0 fully saturated rings. The van der Waals surface area contributed by atoms with Crippen LogP contribution in [0.2, 0.25) is 0 Å². The van der Waals surface area contributed by atoms with Crippen molar-refractivity contribution in [1.82, 2.24) is 5.32 Å². The van der Waals surface area contributed by atoms with Crippen LogP contribution in [0.4, 0.5) is 0 Å². The van der Waals surface area contributed by atoms with Crippen LogP contribution in [0.1, 0.15) is 41.4 Å². The van der Waals surface area contributed by atoms with E-state index >= 15 is 0 Å². The van der Waals surface area contributed by atoms with Crippen molar-refractivity contribution >= 4 is 27.8 Å². The molecule has 1 N–H and O–H groups in total. The number of benzene rings is 2. The van der Waals surface area contributed by atoms with Gasteiger partial charge in [0.25, 0.3) is 5.91 Å². The Kier molecular flexibility index (Phi) is 6.55. The highest BCUT2D eigenvalue weighted by Gasteiger charge is 2.14. The van der Waals surface area contributed by atoms with Gasteiger partial charge in [-0.25, -0.2) is 4.79 Å². The summed E-state index contributed by atoms with van der Waals surface area (Å²) >= 11 is 3.29. The fourth-order valence-electron chi connectivity index (χ4n) is 2.24. The summed E-state index contributed by atoms with van der Waals surface area (Å²) in [5.74, 6) is -0.861. The van der Waals surface area contributed by atoms with Crippen molar-refractivity contribution in [2.75, 3.05) is 6.61 Å². The monoisotopic (exact) mass is 389 g/mol. The van der Waals surface area contributed by atoms with E-state index in [0.29, 0.717) is 10.0 Å². The quantitative estimate of drug-likeness (QED) is 0.758. The van der Waals surface area contributed by atoms with Gasteiger partial charge in [-0.1, -0.05) is 43.3 Å². The van der Waals surface area contributed by atoms with E-state index in [1.165, 1.54) is 5.56 Å². The Balaban J connectivity index is 1.86. The van der Waals surface area contributed by atoms with E-state index in [1.807, 2.05) is 31.2 Å². The summed E-state index contributed by atoms with van der Waals surface area (Å²) in [6.45, 7) is 3.69. The van der Waals surface area contributed by atoms with Crippen LogP contribution in [0.25, 0.3) is 0 Å². The van der Waals surface area contributed by atoms with Gasteiger partial charge in [-0.2, -0.15) is 0 Å². The zero-order valence-electron chi connectivity index (χ0n) is 13.7. The van der Waals surface area contributed by atoms with Crippen LogP contribution in [0.3, 0.4) is 0 Å². The Morgan fingerprint density at radius 2 is 1.79 bits per heavy atom. The Labute approximate surface area is 150 Å². The fraction of sp³-hybridized carbons (Fsp3) is 0.263. The molecule has 0 saturated heterocycles. The molecule has 0 spiro atoms. The van der Waals surface area contributed by atoms with E-state index in [0.717, 1.165) is 12.0 Å². The molecule has 0 unspecified atom stereocenters. The third kappa shape index (κ3) is 4.93. The summed E-state index contributed by atoms with van der Waals surface area (Å²) in [6.07, 6.45) is 0.978. The lowest BCUT2D eigenvalue weighted by molar-refractivity contribution is -0.124. The zero-order valence-corrected chi connectivity index (χ0v) is 15.3. The molecular formula is C19H20BrNO3. The molecule has 0 aromatic heterocycles. The minimum Gasteiger partial charge on any atom is -0.452 e. The summed E-state index contributed by atoms with van der Waals surface area (Å²) in [6, 6.07) is 14.9. The predicted octanol–water partition coefficient (Wildman–Crippen LogP) is 4.05. The van der Waals surface area contributed by atoms with Crippen LogP contribution in [0, 0.1) is 0 Å². The Bertz CT molecular complexity index is 713. The third-order valence-electron chi connectivity index (χ3n) is 3.69. The summed E-state index contributed by atoms with van der Waals surface area (Å²) < 4.78 is 5.70. The minimum atomic E-state index is -0.530. The minimum absolute atomic E-state index is 0.148. The van der Waals surface area contributed by atoms with Crippen molar-refractivity contribution in [2.24, 2.45) is 0 Å². The first-order chi connectivity index (χ1) is 11.5. The number of nitrogens with one attached hydrogen (secondary N) is 1. The summed E-state index contributed by atoms with van der Waals surface area (Å²) in [5.41, 5.74) is 2.66. The lowest BCUT2D eigenvalue weighted by atomic mass is 10.1. The van der Waals surface area contributed by atoms with Crippen LogP contribution in [0.15, 0.2) is 53.0 Å². The number of hydrogen-bond acceptors (Lipinski definition) is 3. The van der Waals surface area contributed by atoms with Gasteiger partial charge in [-0.3, -0.25) is 4.79 Å². The van der Waals surface area contributed by atoms with E-state index in [4.69, 9.17) is 4.74 Å². The number of amides is 1. The predicted molar refractivity (Wildman–Crippen MR) is 96.8 cm³/mol. The fourth-order valence-corrected chi connectivity index (χ4v) is 2.69. The molecule has 126 valence electrons. The average Bonchev–Trinajstić information content (AvgIpc) is 2.60. The van der Waals surface area contributed by atoms with Crippen molar-refractivity contribution in [3.8, 4) is 0 Å². The number of aryl methyl sites for hydroxylation is 1. The molecule has 0 aliphatic rings. The Morgan fingerprint density at radius 3 is 2.42 bits per heavy atom. The second-order valence-electron chi connectivity index (χ2n) is 5.44. The summed E-state index contributed by atoms with van der Waals surface area (Å²) in [5, 5.41) is 2.83. The molecule has 2 rings (SSSR count). The zero-order chi connectivity index (χ0) is 17.5. The lowest BCUT2D eigenvalue weighted by Gasteiger charge is -2.15. The molecule has 0 saturated carbocycles. The highest BCUT2D eigenvalue weighted by atomic mass is 79.9. The Morgan fingerprint density at radius 1 is 1.12 bits per heavy atom. The van der Waals surface area contributed by atoms with Gasteiger partial charge in [0.05, 0.1) is 11.6 Å². The van der Waals surface area contributed by atoms with Gasteiger partial charge in [0.1, 0.15) is 0 Å². The van der Waals surface area contributed by atoms with E-state index in [-0.39, 0.29) is 18.6 Å². The van der Waals surface area contributed by atoms with Gasteiger partial charge >= 0.3 is 5.97 Å². The van der Waals surface area contributed by atoms with E-state index in [2.05, 4.69) is 28.2 Å². The first-order valence-electron chi connectivity index (χ1n) is 7.81. The van der Waals surface area contributed by atoms with Crippen molar-refractivity contribution in [3.05, 3.63) is 69.7 Å². The molecule has 5 heteroatoms. The topological polar surface area (TPSA) is 55.4 Å². The summed E-state index contributed by atoms with van der Waals surface area (Å²) in [7, 11) is 0. The van der Waals surface area contributed by atoms with Gasteiger partial charge in [0.15, 0.2) is 6.61 Å². The molecule has 1 amide bonds. The Hall–Kier alpha value is -2.14. The first-order valence-corrected chi connectivity index (χ1v) is 8.60. The number of rotatable bonds is 6. The molecule has 0 radical (unpaired) electrons. The normalized spacial score (nSPS) is 11.6. The van der Waals surface area contributed by atoms with Crippen LogP contribution in [0.5, 0.6) is 0 Å². The van der Waals surface area contributed by atoms with Gasteiger partial charge < -0.3 is 10.1 Å². The lowest BCUT2D eigenvalue weighted by Crippen LogP contribution is -2.31. The second kappa shape index (κ2) is 8.64. The van der Waals surface area contributed by atoms with Crippen LogP contribution < -0.4 is 5.32 Å². The van der Waals surface area contributed by atoms with Crippen molar-refractivity contribution in [1.29, 1.82) is 0 Å². The smallest absolute Gasteiger partial charge is 0.339 e. The molecule has 0 aliphatic heterocycles. The molecule has 4 nitrogen and oxygen atoms in total. The van der Waals surface area contributed by atoms with E-state index in [9.17, 15) is 9.59 Å². The highest BCUT2D eigenvalue weighted by molar-refractivity contribution is 9.10. The number of ether oxygens (including phenoxy) is 1. The van der Waals surface area contributed by atoms with Crippen molar-refractivity contribution in [2.45, 2.75) is 26.3 Å². The average molecular weight is 390 g/mol. The largest absolute Gasteiger partial charge is 0.452 e. The van der Waals surface area contributed by atoms with Crippen molar-refractivity contribution in [3.63, 3.8) is 0 Å². The number of carbonyl (C=O) groups is 2.